The highest BCUT2D eigenvalue weighted by Gasteiger charge is 2.33. The Labute approximate surface area is 260 Å². The van der Waals surface area contributed by atoms with E-state index in [1.807, 2.05) is 46.0 Å². The zero-order chi connectivity index (χ0) is 32.0. The summed E-state index contributed by atoms with van der Waals surface area (Å²) in [6, 6.07) is 4.79. The molecule has 0 radical (unpaired) electrons. The number of hydrogen-bond donors (Lipinski definition) is 1. The number of benzene rings is 1. The van der Waals surface area contributed by atoms with Gasteiger partial charge in [-0.2, -0.15) is 0 Å². The number of allylic oxidation sites excluding steroid dienone is 2. The van der Waals surface area contributed by atoms with Gasteiger partial charge < -0.3 is 29.3 Å². The Morgan fingerprint density at radius 1 is 1.05 bits per heavy atom. The lowest BCUT2D eigenvalue weighted by molar-refractivity contribution is -0.140. The summed E-state index contributed by atoms with van der Waals surface area (Å²) < 4.78 is 26.4. The fourth-order valence-electron chi connectivity index (χ4n) is 6.26. The number of carbonyl (C=O) groups is 3. The van der Waals surface area contributed by atoms with E-state index in [9.17, 15) is 23.9 Å². The molecule has 2 fully saturated rings. The van der Waals surface area contributed by atoms with Gasteiger partial charge in [0.25, 0.3) is 0 Å². The number of halogens is 1. The fraction of sp³-hybridized carbons (Fsp3) is 0.618. The molecule has 10 heteroatoms. The number of anilines is 1. The van der Waals surface area contributed by atoms with Gasteiger partial charge >= 0.3 is 6.09 Å². The molecule has 2 saturated heterocycles. The Morgan fingerprint density at radius 2 is 1.77 bits per heavy atom. The summed E-state index contributed by atoms with van der Waals surface area (Å²) in [5.74, 6) is -2.97. The van der Waals surface area contributed by atoms with Crippen molar-refractivity contribution in [2.75, 3.05) is 57.8 Å². The summed E-state index contributed by atoms with van der Waals surface area (Å²) in [6.45, 7) is 12.1. The lowest BCUT2D eigenvalue weighted by Crippen LogP contribution is -2.48. The lowest BCUT2D eigenvalue weighted by Gasteiger charge is -2.33. The maximum absolute atomic E-state index is 14.8. The summed E-state index contributed by atoms with van der Waals surface area (Å²) in [7, 11) is 2.02. The van der Waals surface area contributed by atoms with Crippen molar-refractivity contribution in [3.63, 3.8) is 0 Å². The van der Waals surface area contributed by atoms with Crippen molar-refractivity contribution >= 4 is 29.4 Å². The minimum atomic E-state index is -0.978. The molecule has 0 aromatic heterocycles. The van der Waals surface area contributed by atoms with Gasteiger partial charge in [0.05, 0.1) is 24.7 Å². The van der Waals surface area contributed by atoms with Gasteiger partial charge in [0.15, 0.2) is 0 Å². The number of piperazine rings is 1. The molecule has 0 bridgehead atoms. The van der Waals surface area contributed by atoms with Crippen molar-refractivity contribution < 1.29 is 33.4 Å². The second-order valence-electron chi connectivity index (χ2n) is 12.8. The zero-order valence-electron chi connectivity index (χ0n) is 26.7. The normalized spacial score (nSPS) is 30.8. The van der Waals surface area contributed by atoms with Gasteiger partial charge in [0, 0.05) is 51.4 Å². The Hall–Kier alpha value is -3.08. The Kier molecular flexibility index (Phi) is 11.7. The minimum absolute atomic E-state index is 0.0305. The van der Waals surface area contributed by atoms with E-state index in [-0.39, 0.29) is 24.5 Å². The van der Waals surface area contributed by atoms with Crippen molar-refractivity contribution in [1.82, 2.24) is 9.80 Å². The predicted octanol–water partition coefficient (Wildman–Crippen LogP) is 4.33. The quantitative estimate of drug-likeness (QED) is 0.396. The molecule has 1 aliphatic carbocycles. The van der Waals surface area contributed by atoms with Crippen molar-refractivity contribution in [3.8, 4) is 0 Å². The van der Waals surface area contributed by atoms with E-state index in [1.165, 1.54) is 12.1 Å². The molecular weight excluding hydrogens is 565 g/mol. The number of morpholine rings is 1. The molecule has 6 atom stereocenters. The number of aliphatic hydroxyl groups is 1. The van der Waals surface area contributed by atoms with E-state index in [0.29, 0.717) is 56.8 Å². The van der Waals surface area contributed by atoms with Crippen molar-refractivity contribution in [2.45, 2.75) is 65.3 Å². The molecule has 1 N–H and O–H groups in total. The van der Waals surface area contributed by atoms with Crippen LogP contribution >= 0.6 is 0 Å². The van der Waals surface area contributed by atoms with Gasteiger partial charge in [-0.25, -0.2) is 9.18 Å². The van der Waals surface area contributed by atoms with Crippen LogP contribution in [-0.2, 0) is 19.1 Å². The molecule has 1 aromatic carbocycles. The third-order valence-electron chi connectivity index (χ3n) is 9.02. The number of ether oxygens (including phenoxy) is 2. The van der Waals surface area contributed by atoms with E-state index in [1.54, 1.807) is 17.9 Å². The van der Waals surface area contributed by atoms with Gasteiger partial charge in [0.2, 0.25) is 11.6 Å². The average molecular weight is 614 g/mol. The first-order chi connectivity index (χ1) is 20.9. The van der Waals surface area contributed by atoms with E-state index >= 15 is 0 Å². The first-order valence-corrected chi connectivity index (χ1v) is 15.8. The Bertz CT molecular complexity index is 1240. The topological polar surface area (TPSA) is 99.6 Å². The molecular formula is C34H48FN3O6. The molecule has 2 heterocycles. The Morgan fingerprint density at radius 3 is 2.48 bits per heavy atom. The molecule has 4 rings (SSSR count). The Balaban J connectivity index is 1.61. The van der Waals surface area contributed by atoms with E-state index in [0.717, 1.165) is 18.8 Å². The number of hydrogen-bond acceptors (Lipinski definition) is 8. The smallest absolute Gasteiger partial charge is 0.410 e. The molecule has 0 spiro atoms. The third kappa shape index (κ3) is 8.99. The number of nitrogens with zero attached hydrogens (tertiary/aromatic N) is 3. The molecule has 1 amide bonds. The van der Waals surface area contributed by atoms with Crippen LogP contribution < -0.4 is 4.90 Å². The number of carbonyl (C=O) groups excluding carboxylic acids is 3. The number of amides is 1. The van der Waals surface area contributed by atoms with Crippen LogP contribution in [0.2, 0.25) is 0 Å². The minimum Gasteiger partial charge on any atom is -0.442 e. The van der Waals surface area contributed by atoms with E-state index < -0.39 is 41.4 Å². The van der Waals surface area contributed by atoms with Crippen LogP contribution in [-0.4, -0.2) is 104 Å². The lowest BCUT2D eigenvalue weighted by atomic mass is 9.80. The van der Waals surface area contributed by atoms with Crippen LogP contribution in [0.15, 0.2) is 35.9 Å². The number of likely N-dealkylation sites (N-methyl/N-ethyl adjacent to an activating group) is 1. The number of ketones is 2. The average Bonchev–Trinajstić information content (AvgIpc) is 2.97. The second-order valence-corrected chi connectivity index (χ2v) is 12.8. The van der Waals surface area contributed by atoms with Gasteiger partial charge in [-0.05, 0) is 75.4 Å². The van der Waals surface area contributed by atoms with E-state index in [4.69, 9.17) is 9.47 Å². The van der Waals surface area contributed by atoms with Gasteiger partial charge in [0.1, 0.15) is 11.9 Å². The fourth-order valence-corrected chi connectivity index (χ4v) is 6.26. The van der Waals surface area contributed by atoms with Crippen molar-refractivity contribution in [3.05, 3.63) is 47.3 Å². The maximum atomic E-state index is 14.8. The van der Waals surface area contributed by atoms with E-state index in [2.05, 4.69) is 9.80 Å². The largest absolute Gasteiger partial charge is 0.442 e. The molecule has 44 heavy (non-hydrogen) atoms. The summed E-state index contributed by atoms with van der Waals surface area (Å²) >= 11 is 0. The van der Waals surface area contributed by atoms with Crippen LogP contribution in [0.3, 0.4) is 0 Å². The van der Waals surface area contributed by atoms with Crippen molar-refractivity contribution in [1.29, 1.82) is 0 Å². The molecule has 242 valence electrons. The SMILES string of the molecule is C/C(=C\c1cc(F)cc(N2CCO[C@@H](C)C2)c1)[C@H]1C(=O)C(=O)C[C@@H](O)CC[C@@H](C)[C@@H](OC(=O)N2CCN(C)CC2)/C=C/[C@@H]1C. The predicted molar refractivity (Wildman–Crippen MR) is 168 cm³/mol. The first kappa shape index (κ1) is 33.8. The summed E-state index contributed by atoms with van der Waals surface area (Å²) in [4.78, 5) is 45.7. The number of aliphatic hydroxyl groups excluding tert-OH is 1. The molecule has 2 aliphatic heterocycles. The maximum Gasteiger partial charge on any atom is 0.410 e. The van der Waals surface area contributed by atoms with Crippen LogP contribution in [0.25, 0.3) is 6.08 Å². The number of rotatable bonds is 4. The monoisotopic (exact) mass is 613 g/mol. The second kappa shape index (κ2) is 15.3. The van der Waals surface area contributed by atoms with Crippen LogP contribution in [0.4, 0.5) is 14.9 Å². The molecule has 0 saturated carbocycles. The van der Waals surface area contributed by atoms with Crippen molar-refractivity contribution in [2.24, 2.45) is 17.8 Å². The highest BCUT2D eigenvalue weighted by atomic mass is 19.1. The van der Waals surface area contributed by atoms with Gasteiger partial charge in [-0.3, -0.25) is 9.59 Å². The van der Waals surface area contributed by atoms with Crippen LogP contribution in [0.5, 0.6) is 0 Å². The van der Waals surface area contributed by atoms with Gasteiger partial charge in [-0.15, -0.1) is 0 Å². The number of Topliss-reactive ketones (excluding diaryl/α,β-unsaturated/α-hetero) is 2. The first-order valence-electron chi connectivity index (χ1n) is 15.8. The summed E-state index contributed by atoms with van der Waals surface area (Å²) in [5.41, 5.74) is 1.93. The zero-order valence-corrected chi connectivity index (χ0v) is 26.7. The van der Waals surface area contributed by atoms with Crippen LogP contribution in [0, 0.1) is 23.6 Å². The standard InChI is InChI=1S/C34H48FN3O6/c1-22-6-8-29(39)20-30(40)33(41)32(23(2)7-9-31(22)44-34(42)37-12-10-36(5)11-13-37)24(3)16-26-17-27(35)19-28(18-26)38-14-15-43-25(4)21-38/h7,9,16-19,22-23,25,29,31-32,39H,6,8,10-15,20-21H2,1-5H3/b9-7+,24-16+/t22-,23+,25+,29+,31+,32+/m1/s1. The van der Waals surface area contributed by atoms with Gasteiger partial charge in [-0.1, -0.05) is 31.6 Å². The molecule has 0 unspecified atom stereocenters. The van der Waals surface area contributed by atoms with Crippen LogP contribution in [0.1, 0.15) is 52.5 Å². The highest BCUT2D eigenvalue weighted by molar-refractivity contribution is 6.38. The highest BCUT2D eigenvalue weighted by Crippen LogP contribution is 2.30. The molecule has 9 nitrogen and oxygen atoms in total. The summed E-state index contributed by atoms with van der Waals surface area (Å²) in [5, 5.41) is 10.6. The molecule has 3 aliphatic rings. The third-order valence-corrected chi connectivity index (χ3v) is 9.02. The molecule has 1 aromatic rings. The summed E-state index contributed by atoms with van der Waals surface area (Å²) in [6.07, 6.45) is 4.08.